The Morgan fingerprint density at radius 3 is 3.00 bits per heavy atom. The summed E-state index contributed by atoms with van der Waals surface area (Å²) in [6.07, 6.45) is 2.16. The first-order valence-corrected chi connectivity index (χ1v) is 7.72. The van der Waals surface area contributed by atoms with E-state index in [9.17, 15) is 5.11 Å². The molecule has 0 aromatic carbocycles. The van der Waals surface area contributed by atoms with Crippen LogP contribution in [0.2, 0.25) is 0 Å². The molecule has 0 radical (unpaired) electrons. The molecule has 0 amide bonds. The van der Waals surface area contributed by atoms with Crippen LogP contribution in [-0.4, -0.2) is 59.3 Å². The highest BCUT2D eigenvalue weighted by Crippen LogP contribution is 2.34. The summed E-state index contributed by atoms with van der Waals surface area (Å²) in [5, 5.41) is 12.1. The first-order valence-electron chi connectivity index (χ1n) is 6.84. The summed E-state index contributed by atoms with van der Waals surface area (Å²) >= 11 is 1.69. The van der Waals surface area contributed by atoms with Crippen molar-refractivity contribution in [3.8, 4) is 0 Å². The number of rotatable bonds is 3. The monoisotopic (exact) mass is 292 g/mol. The highest BCUT2D eigenvalue weighted by molar-refractivity contribution is 7.18. The van der Waals surface area contributed by atoms with E-state index in [0.717, 1.165) is 29.0 Å². The van der Waals surface area contributed by atoms with Crippen molar-refractivity contribution in [1.29, 1.82) is 0 Å². The van der Waals surface area contributed by atoms with Crippen molar-refractivity contribution in [3.05, 3.63) is 17.3 Å². The molecule has 108 valence electrons. The summed E-state index contributed by atoms with van der Waals surface area (Å²) in [6, 6.07) is 0.306. The molecule has 3 heterocycles. The van der Waals surface area contributed by atoms with Crippen molar-refractivity contribution in [2.75, 3.05) is 32.1 Å². The van der Waals surface area contributed by atoms with Crippen molar-refractivity contribution < 1.29 is 5.11 Å². The van der Waals surface area contributed by atoms with Gasteiger partial charge in [0, 0.05) is 19.1 Å². The van der Waals surface area contributed by atoms with Gasteiger partial charge in [0.2, 0.25) is 0 Å². The van der Waals surface area contributed by atoms with Crippen LogP contribution in [0.1, 0.15) is 12.0 Å². The van der Waals surface area contributed by atoms with Gasteiger partial charge in [-0.05, 0) is 38.4 Å². The average Bonchev–Trinajstić information content (AvgIpc) is 2.93. The lowest BCUT2D eigenvalue weighted by Crippen LogP contribution is -2.38. The fraction of sp³-hybridized carbons (Fsp3) is 0.571. The summed E-state index contributed by atoms with van der Waals surface area (Å²) in [7, 11) is 4.13. The van der Waals surface area contributed by atoms with Gasteiger partial charge in [0.15, 0.2) is 0 Å². The van der Waals surface area contributed by atoms with Crippen LogP contribution >= 0.6 is 11.3 Å². The number of aliphatic hydroxyl groups is 1. The summed E-state index contributed by atoms with van der Waals surface area (Å²) in [6.45, 7) is 3.65. The van der Waals surface area contributed by atoms with Gasteiger partial charge in [-0.15, -0.1) is 11.3 Å². The Morgan fingerprint density at radius 1 is 1.45 bits per heavy atom. The van der Waals surface area contributed by atoms with Crippen LogP contribution in [0, 0.1) is 6.92 Å². The lowest BCUT2D eigenvalue weighted by molar-refractivity contribution is 0.191. The molecule has 1 N–H and O–H groups in total. The number of nitrogens with zero attached hydrogens (tertiary/aromatic N) is 4. The number of aromatic nitrogens is 2. The maximum absolute atomic E-state index is 10.0. The molecule has 2 unspecified atom stereocenters. The molecule has 1 aliphatic heterocycles. The predicted molar refractivity (Wildman–Crippen MR) is 82.5 cm³/mol. The second kappa shape index (κ2) is 5.27. The number of thiophene rings is 1. The smallest absolute Gasteiger partial charge is 0.150 e. The minimum Gasteiger partial charge on any atom is -0.391 e. The highest BCUT2D eigenvalue weighted by Gasteiger charge is 2.33. The molecule has 6 heteroatoms. The lowest BCUT2D eigenvalue weighted by atomic mass is 10.2. The standard InChI is InChI=1S/C14H20N4OS/c1-9-7-20-13-12(9)15-8-16-14(13)18-6-11(19)4-10(18)5-17(2)3/h7-8,10-11,19H,4-6H2,1-3H3. The van der Waals surface area contributed by atoms with Gasteiger partial charge in [-0.25, -0.2) is 9.97 Å². The number of hydrogen-bond donors (Lipinski definition) is 1. The molecule has 20 heavy (non-hydrogen) atoms. The number of β-amino-alcohol motifs (C(OH)–C–C–N with tert-alkyl or cyclic N) is 1. The second-order valence-electron chi connectivity index (χ2n) is 5.75. The summed E-state index contributed by atoms with van der Waals surface area (Å²) < 4.78 is 1.13. The van der Waals surface area contributed by atoms with E-state index in [1.54, 1.807) is 17.7 Å². The van der Waals surface area contributed by atoms with E-state index in [-0.39, 0.29) is 6.10 Å². The van der Waals surface area contributed by atoms with Crippen molar-refractivity contribution >= 4 is 27.4 Å². The van der Waals surface area contributed by atoms with Gasteiger partial charge < -0.3 is 14.9 Å². The molecule has 3 rings (SSSR count). The zero-order valence-electron chi connectivity index (χ0n) is 12.1. The molecule has 2 atom stereocenters. The molecular weight excluding hydrogens is 272 g/mol. The van der Waals surface area contributed by atoms with Crippen LogP contribution in [0.4, 0.5) is 5.82 Å². The number of hydrogen-bond acceptors (Lipinski definition) is 6. The van der Waals surface area contributed by atoms with E-state index in [1.807, 2.05) is 0 Å². The normalized spacial score (nSPS) is 23.1. The van der Waals surface area contributed by atoms with E-state index in [0.29, 0.717) is 12.6 Å². The lowest BCUT2D eigenvalue weighted by Gasteiger charge is -2.27. The molecule has 5 nitrogen and oxygen atoms in total. The fourth-order valence-electron chi connectivity index (χ4n) is 2.91. The van der Waals surface area contributed by atoms with Crippen LogP contribution in [0.3, 0.4) is 0 Å². The van der Waals surface area contributed by atoms with E-state index in [1.165, 1.54) is 5.56 Å². The van der Waals surface area contributed by atoms with Crippen molar-refractivity contribution in [2.45, 2.75) is 25.5 Å². The molecule has 0 bridgehead atoms. The molecule has 2 aromatic heterocycles. The number of aliphatic hydroxyl groups excluding tert-OH is 1. The maximum Gasteiger partial charge on any atom is 0.150 e. The third-order valence-corrected chi connectivity index (χ3v) is 4.84. The minimum atomic E-state index is -0.272. The van der Waals surface area contributed by atoms with Gasteiger partial charge in [-0.2, -0.15) is 0 Å². The van der Waals surface area contributed by atoms with Gasteiger partial charge >= 0.3 is 0 Å². The Hall–Kier alpha value is -1.24. The van der Waals surface area contributed by atoms with Crippen molar-refractivity contribution in [3.63, 3.8) is 0 Å². The molecule has 1 fully saturated rings. The molecule has 0 saturated carbocycles. The molecule has 1 saturated heterocycles. The predicted octanol–water partition coefficient (Wildman–Crippen LogP) is 1.50. The van der Waals surface area contributed by atoms with Crippen molar-refractivity contribution in [2.24, 2.45) is 0 Å². The quantitative estimate of drug-likeness (QED) is 0.929. The third-order valence-electron chi connectivity index (χ3n) is 3.75. The Bertz CT molecular complexity index is 612. The summed E-state index contributed by atoms with van der Waals surface area (Å²) in [5.74, 6) is 0.969. The van der Waals surface area contributed by atoms with E-state index in [2.05, 4.69) is 46.2 Å². The second-order valence-corrected chi connectivity index (χ2v) is 6.63. The third kappa shape index (κ3) is 2.39. The van der Waals surface area contributed by atoms with Gasteiger partial charge in [-0.3, -0.25) is 0 Å². The number of anilines is 1. The molecular formula is C14H20N4OS. The average molecular weight is 292 g/mol. The Balaban J connectivity index is 2.00. The molecule has 0 aliphatic carbocycles. The number of fused-ring (bicyclic) bond motifs is 1. The zero-order valence-corrected chi connectivity index (χ0v) is 12.9. The molecule has 1 aliphatic rings. The topological polar surface area (TPSA) is 52.5 Å². The first kappa shape index (κ1) is 13.7. The van der Waals surface area contributed by atoms with Gasteiger partial charge in [0.05, 0.1) is 16.3 Å². The summed E-state index contributed by atoms with van der Waals surface area (Å²) in [4.78, 5) is 13.3. The van der Waals surface area contributed by atoms with Crippen LogP contribution in [0.5, 0.6) is 0 Å². The minimum absolute atomic E-state index is 0.272. The van der Waals surface area contributed by atoms with Crippen LogP contribution in [0.15, 0.2) is 11.7 Å². The molecule has 0 spiro atoms. The Morgan fingerprint density at radius 2 is 2.25 bits per heavy atom. The van der Waals surface area contributed by atoms with Crippen molar-refractivity contribution in [1.82, 2.24) is 14.9 Å². The van der Waals surface area contributed by atoms with E-state index < -0.39 is 0 Å². The van der Waals surface area contributed by atoms with Crippen LogP contribution in [-0.2, 0) is 0 Å². The Labute approximate surface area is 122 Å². The fourth-order valence-corrected chi connectivity index (χ4v) is 3.91. The maximum atomic E-state index is 10.0. The van der Waals surface area contributed by atoms with Crippen LogP contribution < -0.4 is 4.90 Å². The van der Waals surface area contributed by atoms with Gasteiger partial charge in [-0.1, -0.05) is 0 Å². The van der Waals surface area contributed by atoms with Gasteiger partial charge in [0.1, 0.15) is 12.1 Å². The zero-order chi connectivity index (χ0) is 14.3. The molecule has 2 aromatic rings. The largest absolute Gasteiger partial charge is 0.391 e. The van der Waals surface area contributed by atoms with E-state index in [4.69, 9.17) is 0 Å². The van der Waals surface area contributed by atoms with Crippen LogP contribution in [0.25, 0.3) is 10.2 Å². The number of aryl methyl sites for hydroxylation is 1. The highest BCUT2D eigenvalue weighted by atomic mass is 32.1. The van der Waals surface area contributed by atoms with E-state index >= 15 is 0 Å². The SMILES string of the molecule is Cc1csc2c(N3CC(O)CC3CN(C)C)ncnc12. The number of likely N-dealkylation sites (N-methyl/N-ethyl adjacent to an activating group) is 1. The Kier molecular flexibility index (Phi) is 3.62. The van der Waals surface area contributed by atoms with Gasteiger partial charge in [0.25, 0.3) is 0 Å². The first-order chi connectivity index (χ1) is 9.56. The summed E-state index contributed by atoms with van der Waals surface area (Å²) in [5.41, 5.74) is 2.22.